The summed E-state index contributed by atoms with van der Waals surface area (Å²) >= 11 is 1.27. The van der Waals surface area contributed by atoms with Gasteiger partial charge in [0.1, 0.15) is 12.1 Å². The van der Waals surface area contributed by atoms with Crippen molar-refractivity contribution >= 4 is 22.9 Å². The van der Waals surface area contributed by atoms with E-state index < -0.39 is 5.60 Å². The zero-order valence-corrected chi connectivity index (χ0v) is 14.5. The van der Waals surface area contributed by atoms with E-state index in [9.17, 15) is 15.0 Å². The molecule has 0 spiro atoms. The van der Waals surface area contributed by atoms with Crippen molar-refractivity contribution in [3.63, 3.8) is 0 Å². The summed E-state index contributed by atoms with van der Waals surface area (Å²) in [5.41, 5.74) is -0.569. The number of thiophene rings is 1. The van der Waals surface area contributed by atoms with Gasteiger partial charge in [0.15, 0.2) is 0 Å². The molecule has 0 unspecified atom stereocenters. The first-order valence-corrected chi connectivity index (χ1v) is 8.78. The fourth-order valence-electron chi connectivity index (χ4n) is 2.81. The van der Waals surface area contributed by atoms with E-state index in [0.717, 1.165) is 17.7 Å². The molecule has 1 fully saturated rings. The zero-order chi connectivity index (χ0) is 17.3. The molecule has 6 nitrogen and oxygen atoms in total. The third-order valence-corrected chi connectivity index (χ3v) is 5.53. The van der Waals surface area contributed by atoms with Crippen LogP contribution in [0.1, 0.15) is 53.2 Å². The van der Waals surface area contributed by atoms with Gasteiger partial charge in [0.2, 0.25) is 5.78 Å². The first-order valence-electron chi connectivity index (χ1n) is 7.96. The van der Waals surface area contributed by atoms with Crippen LogP contribution in [0.25, 0.3) is 0 Å². The molecular formula is C17H21N3O3S. The van der Waals surface area contributed by atoms with E-state index in [1.54, 1.807) is 26.0 Å². The molecule has 0 aliphatic heterocycles. The number of aliphatic hydroxyl groups excluding tert-OH is 1. The average Bonchev–Trinajstić information content (AvgIpc) is 3.16. The minimum absolute atomic E-state index is 0.108. The Morgan fingerprint density at radius 1 is 1.38 bits per heavy atom. The van der Waals surface area contributed by atoms with Gasteiger partial charge in [0, 0.05) is 17.1 Å². The van der Waals surface area contributed by atoms with Gasteiger partial charge < -0.3 is 15.5 Å². The van der Waals surface area contributed by atoms with Crippen LogP contribution >= 0.6 is 11.3 Å². The van der Waals surface area contributed by atoms with Gasteiger partial charge in [0.25, 0.3) is 0 Å². The summed E-state index contributed by atoms with van der Waals surface area (Å²) in [5, 5.41) is 23.0. The maximum Gasteiger partial charge on any atom is 0.208 e. The second-order valence-electron chi connectivity index (χ2n) is 6.65. The van der Waals surface area contributed by atoms with E-state index in [2.05, 4.69) is 15.3 Å². The Kier molecular flexibility index (Phi) is 4.67. The third-order valence-electron chi connectivity index (χ3n) is 4.14. The predicted molar refractivity (Wildman–Crippen MR) is 92.3 cm³/mol. The first kappa shape index (κ1) is 17.0. The maximum absolute atomic E-state index is 12.8. The minimum atomic E-state index is -0.975. The largest absolute Gasteiger partial charge is 0.393 e. The molecule has 0 aromatic carbocycles. The molecule has 128 valence electrons. The number of aliphatic hydroxyl groups is 2. The van der Waals surface area contributed by atoms with Crippen LogP contribution in [0.15, 0.2) is 24.7 Å². The highest BCUT2D eigenvalue weighted by atomic mass is 32.1. The van der Waals surface area contributed by atoms with Crippen LogP contribution in [-0.4, -0.2) is 38.1 Å². The smallest absolute Gasteiger partial charge is 0.208 e. The quantitative estimate of drug-likeness (QED) is 0.719. The van der Waals surface area contributed by atoms with Crippen LogP contribution in [0.4, 0.5) is 5.82 Å². The van der Waals surface area contributed by atoms with Crippen molar-refractivity contribution in [2.75, 3.05) is 5.32 Å². The summed E-state index contributed by atoms with van der Waals surface area (Å²) < 4.78 is 0. The van der Waals surface area contributed by atoms with Gasteiger partial charge >= 0.3 is 0 Å². The number of hydrogen-bond acceptors (Lipinski definition) is 7. The highest BCUT2D eigenvalue weighted by Crippen LogP contribution is 2.30. The summed E-state index contributed by atoms with van der Waals surface area (Å²) in [5.74, 6) is 0.324. The number of carbonyl (C=O) groups is 1. The van der Waals surface area contributed by atoms with Crippen LogP contribution in [-0.2, 0) is 5.60 Å². The average molecular weight is 347 g/mol. The Bertz CT molecular complexity index is 739. The Balaban J connectivity index is 1.83. The van der Waals surface area contributed by atoms with Gasteiger partial charge in [0.05, 0.1) is 22.1 Å². The fraction of sp³-hybridized carbons (Fsp3) is 0.471. The number of anilines is 1. The summed E-state index contributed by atoms with van der Waals surface area (Å²) in [4.78, 5) is 22.2. The SMILES string of the molecule is CC(C)(O)c1ccc(C(=O)c2cncnc2N[C@@H]2CC[C@H](O)C2)s1. The topological polar surface area (TPSA) is 95.3 Å². The molecule has 2 atom stereocenters. The predicted octanol–water partition coefficient (Wildman–Crippen LogP) is 2.32. The summed E-state index contributed by atoms with van der Waals surface area (Å²) in [6.07, 6.45) is 4.87. The highest BCUT2D eigenvalue weighted by Gasteiger charge is 2.26. The monoisotopic (exact) mass is 347 g/mol. The Labute approximate surface area is 144 Å². The van der Waals surface area contributed by atoms with E-state index >= 15 is 0 Å². The van der Waals surface area contributed by atoms with E-state index in [4.69, 9.17) is 0 Å². The summed E-state index contributed by atoms with van der Waals surface area (Å²) in [7, 11) is 0. The van der Waals surface area contributed by atoms with Crippen LogP contribution in [0, 0.1) is 0 Å². The van der Waals surface area contributed by atoms with Crippen molar-refractivity contribution in [3.05, 3.63) is 40.0 Å². The van der Waals surface area contributed by atoms with E-state index in [0.29, 0.717) is 22.7 Å². The lowest BCUT2D eigenvalue weighted by molar-refractivity contribution is 0.0825. The van der Waals surface area contributed by atoms with Gasteiger partial charge in [-0.25, -0.2) is 9.97 Å². The number of aromatic nitrogens is 2. The third kappa shape index (κ3) is 3.63. The minimum Gasteiger partial charge on any atom is -0.393 e. The van der Waals surface area contributed by atoms with Crippen LogP contribution < -0.4 is 5.32 Å². The standard InChI is InChI=1S/C17H21N3O3S/c1-17(2,23)14-6-5-13(24-14)15(22)12-8-18-9-19-16(12)20-10-3-4-11(21)7-10/h5-6,8-11,21,23H,3-4,7H2,1-2H3,(H,18,19,20)/t10-,11+/m1/s1. The molecule has 0 amide bonds. The van der Waals surface area contributed by atoms with Crippen LogP contribution in [0.2, 0.25) is 0 Å². The Morgan fingerprint density at radius 3 is 2.79 bits per heavy atom. The van der Waals surface area contributed by atoms with Crippen molar-refractivity contribution in [1.29, 1.82) is 0 Å². The van der Waals surface area contributed by atoms with Gasteiger partial charge in [-0.2, -0.15) is 0 Å². The molecule has 3 N–H and O–H groups in total. The molecule has 1 aliphatic carbocycles. The number of nitrogens with one attached hydrogen (secondary N) is 1. The number of rotatable bonds is 5. The van der Waals surface area contributed by atoms with Crippen LogP contribution in [0.3, 0.4) is 0 Å². The molecular weight excluding hydrogens is 326 g/mol. The molecule has 2 heterocycles. The lowest BCUT2D eigenvalue weighted by Crippen LogP contribution is -2.20. The van der Waals surface area contributed by atoms with E-state index in [1.807, 2.05) is 0 Å². The Morgan fingerprint density at radius 2 is 2.17 bits per heavy atom. The van der Waals surface area contributed by atoms with Gasteiger partial charge in [-0.3, -0.25) is 4.79 Å². The van der Waals surface area contributed by atoms with Crippen molar-refractivity contribution in [3.8, 4) is 0 Å². The number of hydrogen-bond donors (Lipinski definition) is 3. The number of carbonyl (C=O) groups excluding carboxylic acids is 1. The normalized spacial score (nSPS) is 21.0. The summed E-state index contributed by atoms with van der Waals surface area (Å²) in [6.45, 7) is 3.38. The zero-order valence-electron chi connectivity index (χ0n) is 13.7. The molecule has 0 saturated heterocycles. The van der Waals surface area contributed by atoms with Gasteiger partial charge in [-0.1, -0.05) is 0 Å². The van der Waals surface area contributed by atoms with E-state index in [-0.39, 0.29) is 17.9 Å². The molecule has 0 radical (unpaired) electrons. The first-order chi connectivity index (χ1) is 11.3. The summed E-state index contributed by atoms with van der Waals surface area (Å²) in [6, 6.07) is 3.59. The van der Waals surface area contributed by atoms with Gasteiger partial charge in [-0.05, 0) is 45.2 Å². The van der Waals surface area contributed by atoms with Crippen molar-refractivity contribution in [2.45, 2.75) is 50.9 Å². The fourth-order valence-corrected chi connectivity index (χ4v) is 3.78. The molecule has 0 bridgehead atoms. The van der Waals surface area contributed by atoms with Crippen molar-refractivity contribution < 1.29 is 15.0 Å². The highest BCUT2D eigenvalue weighted by molar-refractivity contribution is 7.14. The number of nitrogens with zero attached hydrogens (tertiary/aromatic N) is 2. The second kappa shape index (κ2) is 6.58. The molecule has 7 heteroatoms. The molecule has 24 heavy (non-hydrogen) atoms. The van der Waals surface area contributed by atoms with Crippen molar-refractivity contribution in [2.24, 2.45) is 0 Å². The lowest BCUT2D eigenvalue weighted by atomic mass is 10.1. The molecule has 1 aliphatic rings. The van der Waals surface area contributed by atoms with E-state index in [1.165, 1.54) is 23.9 Å². The maximum atomic E-state index is 12.8. The second-order valence-corrected chi connectivity index (χ2v) is 7.73. The molecule has 2 aromatic heterocycles. The lowest BCUT2D eigenvalue weighted by Gasteiger charge is -2.15. The van der Waals surface area contributed by atoms with Crippen LogP contribution in [0.5, 0.6) is 0 Å². The number of ketones is 1. The van der Waals surface area contributed by atoms with Gasteiger partial charge in [-0.15, -0.1) is 11.3 Å². The molecule has 1 saturated carbocycles. The molecule has 2 aromatic rings. The van der Waals surface area contributed by atoms with Crippen molar-refractivity contribution in [1.82, 2.24) is 9.97 Å². The molecule has 3 rings (SSSR count). The Hall–Kier alpha value is -1.83.